The minimum absolute atomic E-state index is 0.0958. The molecule has 1 aromatic heterocycles. The molecule has 0 aliphatic heterocycles. The number of methoxy groups -OCH3 is 1. The molecular weight excluding hydrogens is 354 g/mol. The van der Waals surface area contributed by atoms with E-state index in [4.69, 9.17) is 4.74 Å². The Labute approximate surface area is 163 Å². The molecule has 1 amide bonds. The third-order valence-corrected chi connectivity index (χ3v) is 4.52. The van der Waals surface area contributed by atoms with E-state index in [2.05, 4.69) is 10.3 Å². The van der Waals surface area contributed by atoms with E-state index < -0.39 is 0 Å². The molecule has 0 aliphatic carbocycles. The number of nitrogens with zero attached hydrogens (tertiary/aromatic N) is 2. The van der Waals surface area contributed by atoms with Crippen LogP contribution in [-0.2, 0) is 11.3 Å². The van der Waals surface area contributed by atoms with Gasteiger partial charge in [-0.15, -0.1) is 0 Å². The van der Waals surface area contributed by atoms with Crippen molar-refractivity contribution in [2.45, 2.75) is 27.3 Å². The van der Waals surface area contributed by atoms with E-state index in [0.717, 1.165) is 33.7 Å². The van der Waals surface area contributed by atoms with Gasteiger partial charge in [-0.2, -0.15) is 0 Å². The lowest BCUT2D eigenvalue weighted by Gasteiger charge is -2.13. The minimum atomic E-state index is -0.284. The monoisotopic (exact) mass is 377 g/mol. The molecule has 0 spiro atoms. The van der Waals surface area contributed by atoms with Gasteiger partial charge in [0.2, 0.25) is 5.91 Å². The lowest BCUT2D eigenvalue weighted by atomic mass is 10.1. The van der Waals surface area contributed by atoms with Crippen LogP contribution in [0.25, 0.3) is 11.3 Å². The van der Waals surface area contributed by atoms with Crippen molar-refractivity contribution >= 4 is 11.6 Å². The minimum Gasteiger partial charge on any atom is -0.497 e. The van der Waals surface area contributed by atoms with Crippen molar-refractivity contribution in [1.82, 2.24) is 9.55 Å². The van der Waals surface area contributed by atoms with Crippen molar-refractivity contribution in [3.63, 3.8) is 0 Å². The normalized spacial score (nSPS) is 10.6. The van der Waals surface area contributed by atoms with E-state index in [0.29, 0.717) is 5.69 Å². The van der Waals surface area contributed by atoms with Gasteiger partial charge in [-0.25, -0.2) is 4.98 Å². The van der Waals surface area contributed by atoms with Gasteiger partial charge in [0.05, 0.1) is 19.1 Å². The third kappa shape index (κ3) is 4.28. The van der Waals surface area contributed by atoms with Crippen molar-refractivity contribution in [2.24, 2.45) is 0 Å². The number of benzene rings is 2. The first-order valence-electron chi connectivity index (χ1n) is 8.96. The van der Waals surface area contributed by atoms with Gasteiger partial charge >= 0.3 is 0 Å². The molecule has 0 unspecified atom stereocenters. The number of ether oxygens (including phenoxy) is 1. The zero-order chi connectivity index (χ0) is 20.3. The van der Waals surface area contributed by atoms with Crippen LogP contribution in [0.5, 0.6) is 5.75 Å². The second kappa shape index (κ2) is 8.08. The van der Waals surface area contributed by atoms with E-state index in [1.54, 1.807) is 7.11 Å². The van der Waals surface area contributed by atoms with Crippen LogP contribution < -0.4 is 15.6 Å². The first-order chi connectivity index (χ1) is 13.4. The fourth-order valence-corrected chi connectivity index (χ4v) is 3.18. The van der Waals surface area contributed by atoms with Gasteiger partial charge in [-0.3, -0.25) is 14.2 Å². The molecule has 3 aromatic rings. The third-order valence-electron chi connectivity index (χ3n) is 4.52. The number of nitrogens with one attached hydrogen (secondary N) is 1. The predicted molar refractivity (Wildman–Crippen MR) is 110 cm³/mol. The fraction of sp³-hybridized carbons (Fsp3) is 0.227. The van der Waals surface area contributed by atoms with Gasteiger partial charge in [-0.1, -0.05) is 17.7 Å². The highest BCUT2D eigenvalue weighted by molar-refractivity contribution is 5.92. The van der Waals surface area contributed by atoms with Crippen molar-refractivity contribution < 1.29 is 9.53 Å². The summed E-state index contributed by atoms with van der Waals surface area (Å²) in [6.45, 7) is 5.82. The first-order valence-corrected chi connectivity index (χ1v) is 8.96. The Morgan fingerprint density at radius 2 is 1.71 bits per heavy atom. The van der Waals surface area contributed by atoms with Crippen LogP contribution in [0, 0.1) is 20.8 Å². The average Bonchev–Trinajstić information content (AvgIpc) is 2.66. The summed E-state index contributed by atoms with van der Waals surface area (Å²) in [7, 11) is 1.60. The molecule has 28 heavy (non-hydrogen) atoms. The van der Waals surface area contributed by atoms with E-state index >= 15 is 0 Å². The second-order valence-corrected chi connectivity index (χ2v) is 6.79. The Morgan fingerprint density at radius 3 is 2.29 bits per heavy atom. The molecule has 144 valence electrons. The molecule has 0 aliphatic rings. The molecule has 0 saturated heterocycles. The molecule has 6 nitrogen and oxygen atoms in total. The summed E-state index contributed by atoms with van der Waals surface area (Å²) in [5.74, 6) is 0.464. The van der Waals surface area contributed by atoms with Crippen LogP contribution in [-0.4, -0.2) is 22.6 Å². The van der Waals surface area contributed by atoms with Crippen LogP contribution in [0.15, 0.2) is 53.6 Å². The van der Waals surface area contributed by atoms with Crippen LogP contribution >= 0.6 is 0 Å². The maximum Gasteiger partial charge on any atom is 0.254 e. The standard InChI is InChI=1S/C22H23N3O3/c1-14-9-15(2)22(16(3)10-14)24-20(26)12-25-13-23-19(11-21(25)27)17-5-7-18(28-4)8-6-17/h5-11,13H,12H2,1-4H3,(H,24,26). The van der Waals surface area contributed by atoms with E-state index in [-0.39, 0.29) is 18.0 Å². The highest BCUT2D eigenvalue weighted by Crippen LogP contribution is 2.22. The maximum absolute atomic E-state index is 12.4. The van der Waals surface area contributed by atoms with Crippen molar-refractivity contribution in [1.29, 1.82) is 0 Å². The second-order valence-electron chi connectivity index (χ2n) is 6.79. The molecule has 2 aromatic carbocycles. The van der Waals surface area contributed by atoms with Gasteiger partial charge in [0.25, 0.3) is 5.56 Å². The Morgan fingerprint density at radius 1 is 1.07 bits per heavy atom. The SMILES string of the molecule is COc1ccc(-c2cc(=O)n(CC(=O)Nc3c(C)cc(C)cc3C)cn2)cc1. The first kappa shape index (κ1) is 19.4. The molecule has 0 radical (unpaired) electrons. The lowest BCUT2D eigenvalue weighted by molar-refractivity contribution is -0.116. The summed E-state index contributed by atoms with van der Waals surface area (Å²) in [6, 6.07) is 12.7. The van der Waals surface area contributed by atoms with Crippen LogP contribution in [0.1, 0.15) is 16.7 Å². The number of anilines is 1. The Bertz CT molecular complexity index is 1050. The molecule has 3 rings (SSSR count). The largest absolute Gasteiger partial charge is 0.497 e. The van der Waals surface area contributed by atoms with E-state index in [9.17, 15) is 9.59 Å². The maximum atomic E-state index is 12.4. The van der Waals surface area contributed by atoms with E-state index in [1.165, 1.54) is 17.0 Å². The Hall–Kier alpha value is -3.41. The zero-order valence-electron chi connectivity index (χ0n) is 16.4. The quantitative estimate of drug-likeness (QED) is 0.739. The average molecular weight is 377 g/mol. The summed E-state index contributed by atoms with van der Waals surface area (Å²) in [6.07, 6.45) is 1.40. The Balaban J connectivity index is 1.76. The molecule has 0 atom stereocenters. The summed E-state index contributed by atoms with van der Waals surface area (Å²) in [4.78, 5) is 29.2. The number of rotatable bonds is 5. The molecule has 0 fully saturated rings. The van der Waals surface area contributed by atoms with Gasteiger partial charge < -0.3 is 10.1 Å². The highest BCUT2D eigenvalue weighted by atomic mass is 16.5. The Kier molecular flexibility index (Phi) is 5.59. The number of aromatic nitrogens is 2. The van der Waals surface area contributed by atoms with Gasteiger partial charge in [0.1, 0.15) is 12.3 Å². The number of carbonyl (C=O) groups is 1. The molecular formula is C22H23N3O3. The van der Waals surface area contributed by atoms with Gasteiger partial charge in [0.15, 0.2) is 0 Å². The summed E-state index contributed by atoms with van der Waals surface area (Å²) in [5, 5.41) is 2.90. The lowest BCUT2D eigenvalue weighted by Crippen LogP contribution is -2.28. The van der Waals surface area contributed by atoms with Crippen LogP contribution in [0.4, 0.5) is 5.69 Å². The molecule has 1 heterocycles. The van der Waals surface area contributed by atoms with E-state index in [1.807, 2.05) is 57.2 Å². The van der Waals surface area contributed by atoms with Crippen molar-refractivity contribution in [2.75, 3.05) is 12.4 Å². The molecule has 0 saturated carbocycles. The van der Waals surface area contributed by atoms with Crippen LogP contribution in [0.2, 0.25) is 0 Å². The number of carbonyl (C=O) groups excluding carboxylic acids is 1. The van der Waals surface area contributed by atoms with Gasteiger partial charge in [0, 0.05) is 17.3 Å². The highest BCUT2D eigenvalue weighted by Gasteiger charge is 2.11. The summed E-state index contributed by atoms with van der Waals surface area (Å²) < 4.78 is 6.43. The number of amides is 1. The molecule has 1 N–H and O–H groups in total. The van der Waals surface area contributed by atoms with Crippen molar-refractivity contribution in [3.8, 4) is 17.0 Å². The van der Waals surface area contributed by atoms with Crippen LogP contribution in [0.3, 0.4) is 0 Å². The van der Waals surface area contributed by atoms with Gasteiger partial charge in [-0.05, 0) is 56.2 Å². The number of aryl methyl sites for hydroxylation is 3. The predicted octanol–water partition coefficient (Wildman–Crippen LogP) is 3.48. The zero-order valence-corrected chi connectivity index (χ0v) is 16.4. The number of hydrogen-bond donors (Lipinski definition) is 1. The topological polar surface area (TPSA) is 73.2 Å². The fourth-order valence-electron chi connectivity index (χ4n) is 3.18. The molecule has 0 bridgehead atoms. The van der Waals surface area contributed by atoms with Crippen molar-refractivity contribution in [3.05, 3.63) is 75.8 Å². The summed E-state index contributed by atoms with van der Waals surface area (Å²) >= 11 is 0. The smallest absolute Gasteiger partial charge is 0.254 e. The number of hydrogen-bond acceptors (Lipinski definition) is 4. The molecule has 6 heteroatoms. The summed E-state index contributed by atoms with van der Waals surface area (Å²) in [5.41, 5.74) is 4.98.